The van der Waals surface area contributed by atoms with Gasteiger partial charge in [0, 0.05) is 11.5 Å². The average Bonchev–Trinajstić information content (AvgIpc) is 3.02. The summed E-state index contributed by atoms with van der Waals surface area (Å²) in [7, 11) is 3.31. The van der Waals surface area contributed by atoms with Gasteiger partial charge in [-0.25, -0.2) is 0 Å². The molecule has 0 fully saturated rings. The van der Waals surface area contributed by atoms with E-state index in [1.165, 1.54) is 0 Å². The van der Waals surface area contributed by atoms with Crippen LogP contribution in [0.2, 0.25) is 0 Å². The number of ether oxygens (including phenoxy) is 3. The predicted molar refractivity (Wildman–Crippen MR) is 98.5 cm³/mol. The van der Waals surface area contributed by atoms with E-state index in [-0.39, 0.29) is 5.60 Å². The number of fused-ring (bicyclic) bond motifs is 2. The molecule has 0 unspecified atom stereocenters. The SMILES string of the molecule is COc1ccc2cc(-c3ccc(OC)c4c3OC(C)(C)C=C4)oc2c1. The van der Waals surface area contributed by atoms with Gasteiger partial charge in [0.05, 0.1) is 25.3 Å². The highest BCUT2D eigenvalue weighted by Gasteiger charge is 2.27. The van der Waals surface area contributed by atoms with Crippen LogP contribution in [0.25, 0.3) is 28.4 Å². The van der Waals surface area contributed by atoms with Crippen molar-refractivity contribution < 1.29 is 18.6 Å². The second kappa shape index (κ2) is 5.59. The van der Waals surface area contributed by atoms with Crippen LogP contribution in [-0.4, -0.2) is 19.8 Å². The molecule has 2 heterocycles. The molecule has 0 saturated heterocycles. The fourth-order valence-corrected chi connectivity index (χ4v) is 3.07. The molecule has 0 saturated carbocycles. The molecule has 3 aromatic rings. The van der Waals surface area contributed by atoms with E-state index in [1.54, 1.807) is 14.2 Å². The maximum absolute atomic E-state index is 6.24. The first-order valence-electron chi connectivity index (χ1n) is 8.18. The van der Waals surface area contributed by atoms with Crippen LogP contribution in [0, 0.1) is 0 Å². The third-order valence-electron chi connectivity index (χ3n) is 4.39. The van der Waals surface area contributed by atoms with Gasteiger partial charge in [0.15, 0.2) is 0 Å². The molecule has 2 aromatic carbocycles. The molecule has 0 spiro atoms. The van der Waals surface area contributed by atoms with Gasteiger partial charge in [0.25, 0.3) is 0 Å². The number of methoxy groups -OCH3 is 2. The van der Waals surface area contributed by atoms with E-state index in [9.17, 15) is 0 Å². The zero-order valence-corrected chi connectivity index (χ0v) is 14.8. The van der Waals surface area contributed by atoms with Crippen LogP contribution in [0.3, 0.4) is 0 Å². The number of rotatable bonds is 3. The van der Waals surface area contributed by atoms with Crippen LogP contribution < -0.4 is 14.2 Å². The van der Waals surface area contributed by atoms with E-state index in [0.29, 0.717) is 0 Å². The van der Waals surface area contributed by atoms with Gasteiger partial charge in [-0.05, 0) is 56.3 Å². The lowest BCUT2D eigenvalue weighted by Gasteiger charge is -2.29. The number of furan rings is 1. The van der Waals surface area contributed by atoms with Crippen molar-refractivity contribution in [2.45, 2.75) is 19.4 Å². The predicted octanol–water partition coefficient (Wildman–Crippen LogP) is 5.30. The third kappa shape index (κ3) is 2.64. The maximum Gasteiger partial charge on any atom is 0.142 e. The Morgan fingerprint density at radius 1 is 0.960 bits per heavy atom. The van der Waals surface area contributed by atoms with E-state index in [0.717, 1.165) is 45.1 Å². The molecule has 0 amide bonds. The molecule has 1 aromatic heterocycles. The lowest BCUT2D eigenvalue weighted by Crippen LogP contribution is -2.28. The average molecular weight is 336 g/mol. The van der Waals surface area contributed by atoms with Crippen LogP contribution in [0.5, 0.6) is 17.2 Å². The lowest BCUT2D eigenvalue weighted by molar-refractivity contribution is 0.159. The molecule has 4 nitrogen and oxygen atoms in total. The molecule has 0 atom stereocenters. The standard InChI is InChI=1S/C21H20O4/c1-21(2)10-9-16-17(23-4)8-7-15(20(16)25-21)19-11-13-5-6-14(22-3)12-18(13)24-19/h5-12H,1-4H3. The van der Waals surface area contributed by atoms with E-state index in [1.807, 2.05) is 62.4 Å². The molecular formula is C21H20O4. The molecule has 0 bridgehead atoms. The molecule has 25 heavy (non-hydrogen) atoms. The fraction of sp³-hybridized carbons (Fsp3) is 0.238. The molecule has 1 aliphatic rings. The van der Waals surface area contributed by atoms with Crippen molar-refractivity contribution in [2.75, 3.05) is 14.2 Å². The second-order valence-corrected chi connectivity index (χ2v) is 6.61. The summed E-state index contributed by atoms with van der Waals surface area (Å²) in [5.41, 5.74) is 2.23. The summed E-state index contributed by atoms with van der Waals surface area (Å²) in [4.78, 5) is 0. The largest absolute Gasteiger partial charge is 0.497 e. The molecule has 4 heteroatoms. The van der Waals surface area contributed by atoms with Gasteiger partial charge in [-0.1, -0.05) is 0 Å². The van der Waals surface area contributed by atoms with Gasteiger partial charge >= 0.3 is 0 Å². The molecule has 128 valence electrons. The van der Waals surface area contributed by atoms with Gasteiger partial charge in [-0.3, -0.25) is 0 Å². The highest BCUT2D eigenvalue weighted by Crippen LogP contribution is 2.45. The van der Waals surface area contributed by atoms with E-state index in [4.69, 9.17) is 18.6 Å². The monoisotopic (exact) mass is 336 g/mol. The fourth-order valence-electron chi connectivity index (χ4n) is 3.07. The smallest absolute Gasteiger partial charge is 0.142 e. The first kappa shape index (κ1) is 15.6. The summed E-state index contributed by atoms with van der Waals surface area (Å²) in [5.74, 6) is 3.08. The summed E-state index contributed by atoms with van der Waals surface area (Å²) in [6.45, 7) is 4.05. The number of benzene rings is 2. The van der Waals surface area contributed by atoms with E-state index >= 15 is 0 Å². The van der Waals surface area contributed by atoms with Crippen molar-refractivity contribution in [1.82, 2.24) is 0 Å². The summed E-state index contributed by atoms with van der Waals surface area (Å²) in [6, 6.07) is 11.7. The zero-order valence-electron chi connectivity index (χ0n) is 14.8. The van der Waals surface area contributed by atoms with Crippen LogP contribution >= 0.6 is 0 Å². The molecule has 0 N–H and O–H groups in total. The number of hydrogen-bond acceptors (Lipinski definition) is 4. The summed E-state index contributed by atoms with van der Waals surface area (Å²) in [5, 5.41) is 1.02. The lowest BCUT2D eigenvalue weighted by atomic mass is 9.98. The first-order chi connectivity index (χ1) is 12.0. The highest BCUT2D eigenvalue weighted by atomic mass is 16.5. The van der Waals surface area contributed by atoms with Gasteiger partial charge in [-0.15, -0.1) is 0 Å². The Bertz CT molecular complexity index is 979. The first-order valence-corrected chi connectivity index (χ1v) is 8.18. The Morgan fingerprint density at radius 3 is 2.56 bits per heavy atom. The van der Waals surface area contributed by atoms with Crippen molar-refractivity contribution in [2.24, 2.45) is 0 Å². The molecule has 4 rings (SSSR count). The van der Waals surface area contributed by atoms with Crippen molar-refractivity contribution in [3.8, 4) is 28.6 Å². The number of hydrogen-bond donors (Lipinski definition) is 0. The Kier molecular flexibility index (Phi) is 3.49. The van der Waals surface area contributed by atoms with Crippen molar-refractivity contribution in [3.05, 3.63) is 48.0 Å². The van der Waals surface area contributed by atoms with Gasteiger partial charge in [-0.2, -0.15) is 0 Å². The van der Waals surface area contributed by atoms with Gasteiger partial charge in [0.1, 0.15) is 34.2 Å². The summed E-state index contributed by atoms with van der Waals surface area (Å²) < 4.78 is 23.1. The second-order valence-electron chi connectivity index (χ2n) is 6.61. The Balaban J connectivity index is 1.90. The van der Waals surface area contributed by atoms with Crippen LogP contribution in [-0.2, 0) is 0 Å². The van der Waals surface area contributed by atoms with Crippen LogP contribution in [0.1, 0.15) is 19.4 Å². The topological polar surface area (TPSA) is 40.8 Å². The minimum absolute atomic E-state index is 0.386. The summed E-state index contributed by atoms with van der Waals surface area (Å²) >= 11 is 0. The minimum Gasteiger partial charge on any atom is -0.497 e. The molecule has 0 radical (unpaired) electrons. The minimum atomic E-state index is -0.386. The van der Waals surface area contributed by atoms with Crippen LogP contribution in [0.4, 0.5) is 0 Å². The molecule has 1 aliphatic heterocycles. The third-order valence-corrected chi connectivity index (χ3v) is 4.39. The van der Waals surface area contributed by atoms with E-state index in [2.05, 4.69) is 0 Å². The Labute approximate surface area is 146 Å². The quantitative estimate of drug-likeness (QED) is 0.650. The zero-order chi connectivity index (χ0) is 17.6. The highest BCUT2D eigenvalue weighted by molar-refractivity contribution is 5.87. The van der Waals surface area contributed by atoms with Crippen LogP contribution in [0.15, 0.2) is 46.9 Å². The Hall–Kier alpha value is -2.88. The Morgan fingerprint density at radius 2 is 1.80 bits per heavy atom. The summed E-state index contributed by atoms with van der Waals surface area (Å²) in [6.07, 6.45) is 4.08. The normalized spacial score (nSPS) is 14.9. The van der Waals surface area contributed by atoms with E-state index < -0.39 is 0 Å². The van der Waals surface area contributed by atoms with Gasteiger partial charge < -0.3 is 18.6 Å². The molecule has 0 aliphatic carbocycles. The van der Waals surface area contributed by atoms with Crippen molar-refractivity contribution >= 4 is 17.0 Å². The maximum atomic E-state index is 6.24. The van der Waals surface area contributed by atoms with Crippen molar-refractivity contribution in [1.29, 1.82) is 0 Å². The molecular weight excluding hydrogens is 316 g/mol. The van der Waals surface area contributed by atoms with Crippen molar-refractivity contribution in [3.63, 3.8) is 0 Å². The van der Waals surface area contributed by atoms with Gasteiger partial charge in [0.2, 0.25) is 0 Å².